The lowest BCUT2D eigenvalue weighted by atomic mass is 9.98. The van der Waals surface area contributed by atoms with Crippen LogP contribution in [0.3, 0.4) is 0 Å². The molecule has 1 amide bonds. The van der Waals surface area contributed by atoms with Crippen molar-refractivity contribution in [2.75, 3.05) is 53.5 Å². The fraction of sp³-hybridized carbons (Fsp3) is 0.458. The second kappa shape index (κ2) is 9.66. The molecule has 1 fully saturated rings. The molecular weight excluding hydrogens is 397 g/mol. The highest BCUT2D eigenvalue weighted by Gasteiger charge is 2.25. The van der Waals surface area contributed by atoms with Gasteiger partial charge in [0.2, 0.25) is 5.91 Å². The van der Waals surface area contributed by atoms with Crippen molar-refractivity contribution in [3.63, 3.8) is 0 Å². The average molecular weight is 428 g/mol. The molecule has 2 aromatic rings. The minimum absolute atomic E-state index is 0.166. The van der Waals surface area contributed by atoms with Crippen LogP contribution in [-0.2, 0) is 24.3 Å². The Morgan fingerprint density at radius 2 is 1.61 bits per heavy atom. The zero-order valence-electron chi connectivity index (χ0n) is 18.3. The van der Waals surface area contributed by atoms with Crippen LogP contribution in [0.2, 0.25) is 0 Å². The van der Waals surface area contributed by atoms with Crippen LogP contribution in [0.4, 0.5) is 4.39 Å². The van der Waals surface area contributed by atoms with Gasteiger partial charge >= 0.3 is 0 Å². The van der Waals surface area contributed by atoms with Crippen LogP contribution in [0.15, 0.2) is 36.4 Å². The Hall–Kier alpha value is -2.64. The van der Waals surface area contributed by atoms with E-state index in [1.54, 1.807) is 26.4 Å². The van der Waals surface area contributed by atoms with E-state index < -0.39 is 0 Å². The molecule has 6 nitrogen and oxygen atoms in total. The Morgan fingerprint density at radius 3 is 2.29 bits per heavy atom. The predicted octanol–water partition coefficient (Wildman–Crippen LogP) is 2.55. The summed E-state index contributed by atoms with van der Waals surface area (Å²) in [6.07, 6.45) is 0.822. The quantitative estimate of drug-likeness (QED) is 0.709. The maximum absolute atomic E-state index is 13.4. The molecule has 0 atom stereocenters. The van der Waals surface area contributed by atoms with Gasteiger partial charge in [0.25, 0.3) is 0 Å². The van der Waals surface area contributed by atoms with E-state index in [0.717, 1.165) is 62.6 Å². The number of rotatable bonds is 6. The molecule has 0 N–H and O–H groups in total. The molecule has 31 heavy (non-hydrogen) atoms. The lowest BCUT2D eigenvalue weighted by Crippen LogP contribution is -2.50. The highest BCUT2D eigenvalue weighted by Crippen LogP contribution is 2.33. The normalized spacial score (nSPS) is 17.3. The number of benzene rings is 2. The van der Waals surface area contributed by atoms with Gasteiger partial charge in [-0.25, -0.2) is 4.39 Å². The zero-order valence-corrected chi connectivity index (χ0v) is 18.3. The van der Waals surface area contributed by atoms with E-state index in [2.05, 4.69) is 9.80 Å². The molecule has 0 bridgehead atoms. The van der Waals surface area contributed by atoms with E-state index in [0.29, 0.717) is 18.8 Å². The monoisotopic (exact) mass is 427 g/mol. The molecule has 0 unspecified atom stereocenters. The molecule has 2 aliphatic heterocycles. The van der Waals surface area contributed by atoms with Gasteiger partial charge in [-0.2, -0.15) is 0 Å². The molecule has 0 radical (unpaired) electrons. The van der Waals surface area contributed by atoms with Crippen LogP contribution in [0, 0.1) is 5.82 Å². The van der Waals surface area contributed by atoms with Gasteiger partial charge < -0.3 is 14.4 Å². The molecule has 166 valence electrons. The van der Waals surface area contributed by atoms with Crippen LogP contribution in [0.5, 0.6) is 11.5 Å². The number of amides is 1. The Kier molecular flexibility index (Phi) is 6.73. The molecule has 7 heteroatoms. The Morgan fingerprint density at radius 1 is 0.935 bits per heavy atom. The number of methoxy groups -OCH3 is 2. The molecule has 0 spiro atoms. The van der Waals surface area contributed by atoms with Gasteiger partial charge in [-0.1, -0.05) is 12.1 Å². The van der Waals surface area contributed by atoms with E-state index in [9.17, 15) is 9.18 Å². The summed E-state index contributed by atoms with van der Waals surface area (Å²) in [6, 6.07) is 10.8. The van der Waals surface area contributed by atoms with Crippen LogP contribution in [-0.4, -0.2) is 74.1 Å². The average Bonchev–Trinajstić information content (AvgIpc) is 2.79. The van der Waals surface area contributed by atoms with Crippen LogP contribution in [0.1, 0.15) is 16.7 Å². The smallest absolute Gasteiger partial charge is 0.237 e. The van der Waals surface area contributed by atoms with Crippen molar-refractivity contribution in [1.82, 2.24) is 14.7 Å². The Balaban J connectivity index is 1.29. The largest absolute Gasteiger partial charge is 0.493 e. The van der Waals surface area contributed by atoms with E-state index in [-0.39, 0.29) is 11.7 Å². The van der Waals surface area contributed by atoms with Gasteiger partial charge in [0.15, 0.2) is 11.5 Å². The fourth-order valence-electron chi connectivity index (χ4n) is 4.39. The highest BCUT2D eigenvalue weighted by molar-refractivity contribution is 5.78. The van der Waals surface area contributed by atoms with Crippen molar-refractivity contribution >= 4 is 5.91 Å². The van der Waals surface area contributed by atoms with Gasteiger partial charge in [0, 0.05) is 45.8 Å². The fourth-order valence-corrected chi connectivity index (χ4v) is 4.39. The first-order valence-corrected chi connectivity index (χ1v) is 10.8. The van der Waals surface area contributed by atoms with E-state index in [1.165, 1.54) is 11.6 Å². The summed E-state index contributed by atoms with van der Waals surface area (Å²) in [5, 5.41) is 0. The second-order valence-electron chi connectivity index (χ2n) is 8.22. The van der Waals surface area contributed by atoms with Gasteiger partial charge in [-0.05, 0) is 47.4 Å². The van der Waals surface area contributed by atoms with Crippen molar-refractivity contribution < 1.29 is 18.7 Å². The lowest BCUT2D eigenvalue weighted by Gasteiger charge is -2.36. The number of nitrogens with zero attached hydrogens (tertiary/aromatic N) is 3. The summed E-state index contributed by atoms with van der Waals surface area (Å²) in [6.45, 7) is 5.96. The predicted molar refractivity (Wildman–Crippen MR) is 117 cm³/mol. The maximum atomic E-state index is 13.4. The summed E-state index contributed by atoms with van der Waals surface area (Å²) in [5.41, 5.74) is 3.33. The minimum atomic E-state index is -0.194. The number of fused-ring (bicyclic) bond motifs is 1. The van der Waals surface area contributed by atoms with E-state index in [4.69, 9.17) is 9.47 Å². The van der Waals surface area contributed by atoms with Crippen molar-refractivity contribution in [2.24, 2.45) is 0 Å². The standard InChI is InChI=1S/C24H30FN3O3/c1-30-22-13-19-6-7-28(16-20(19)14-23(22)31-2)24(29)17-27-10-8-26(9-11-27)15-18-4-3-5-21(25)12-18/h3-5,12-14H,6-11,15-17H2,1-2H3. The van der Waals surface area contributed by atoms with Crippen molar-refractivity contribution in [3.05, 3.63) is 58.9 Å². The molecule has 0 saturated carbocycles. The number of carbonyl (C=O) groups is 1. The molecule has 0 aromatic heterocycles. The summed E-state index contributed by atoms with van der Waals surface area (Å²) in [4.78, 5) is 19.4. The highest BCUT2D eigenvalue weighted by atomic mass is 19.1. The molecule has 1 saturated heterocycles. The van der Waals surface area contributed by atoms with Crippen LogP contribution < -0.4 is 9.47 Å². The first kappa shape index (κ1) is 21.6. The van der Waals surface area contributed by atoms with Gasteiger partial charge in [0.05, 0.1) is 20.8 Å². The summed E-state index contributed by atoms with van der Waals surface area (Å²) in [5.74, 6) is 1.40. The summed E-state index contributed by atoms with van der Waals surface area (Å²) < 4.78 is 24.2. The van der Waals surface area contributed by atoms with Gasteiger partial charge in [-0.3, -0.25) is 14.6 Å². The molecule has 0 aliphatic carbocycles. The number of carbonyl (C=O) groups excluding carboxylic acids is 1. The first-order valence-electron chi connectivity index (χ1n) is 10.8. The third-order valence-electron chi connectivity index (χ3n) is 6.19. The van der Waals surface area contributed by atoms with Crippen molar-refractivity contribution in [2.45, 2.75) is 19.5 Å². The third-order valence-corrected chi connectivity index (χ3v) is 6.19. The third kappa shape index (κ3) is 5.17. The molecule has 4 rings (SSSR count). The van der Waals surface area contributed by atoms with Crippen molar-refractivity contribution in [3.8, 4) is 11.5 Å². The molecular formula is C24H30FN3O3. The number of ether oxygens (including phenoxy) is 2. The van der Waals surface area contributed by atoms with E-state index in [1.807, 2.05) is 23.1 Å². The summed E-state index contributed by atoms with van der Waals surface area (Å²) >= 11 is 0. The molecule has 2 aliphatic rings. The Labute approximate surface area is 183 Å². The number of hydrogen-bond acceptors (Lipinski definition) is 5. The second-order valence-corrected chi connectivity index (χ2v) is 8.22. The zero-order chi connectivity index (χ0) is 21.8. The number of piperazine rings is 1. The molecule has 2 aromatic carbocycles. The van der Waals surface area contributed by atoms with Crippen LogP contribution in [0.25, 0.3) is 0 Å². The van der Waals surface area contributed by atoms with E-state index >= 15 is 0 Å². The van der Waals surface area contributed by atoms with Gasteiger partial charge in [0.1, 0.15) is 5.82 Å². The Bertz CT molecular complexity index is 928. The number of hydrogen-bond donors (Lipinski definition) is 0. The van der Waals surface area contributed by atoms with Crippen LogP contribution >= 0.6 is 0 Å². The maximum Gasteiger partial charge on any atom is 0.237 e. The van der Waals surface area contributed by atoms with Crippen molar-refractivity contribution in [1.29, 1.82) is 0 Å². The minimum Gasteiger partial charge on any atom is -0.493 e. The molecule has 2 heterocycles. The first-order chi connectivity index (χ1) is 15.1. The topological polar surface area (TPSA) is 45.3 Å². The number of halogens is 1. The lowest BCUT2D eigenvalue weighted by molar-refractivity contribution is -0.133. The SMILES string of the molecule is COc1cc2c(cc1OC)CN(C(=O)CN1CCN(Cc3cccc(F)c3)CC1)CC2. The summed E-state index contributed by atoms with van der Waals surface area (Å²) in [7, 11) is 3.27. The van der Waals surface area contributed by atoms with Gasteiger partial charge in [-0.15, -0.1) is 0 Å².